The Labute approximate surface area is 232 Å². The van der Waals surface area contributed by atoms with E-state index in [1.54, 1.807) is 48.2 Å². The highest BCUT2D eigenvalue weighted by Gasteiger charge is 2.20. The van der Waals surface area contributed by atoms with Gasteiger partial charge in [0.25, 0.3) is 0 Å². The Morgan fingerprint density at radius 3 is 2.41 bits per heavy atom. The fraction of sp³-hybridized carbons (Fsp3) is 0.233. The number of aliphatic carboxylic acids is 1. The van der Waals surface area contributed by atoms with Crippen LogP contribution >= 0.6 is 11.6 Å². The number of nitrogens with one attached hydrogen (secondary N) is 1. The van der Waals surface area contributed by atoms with Gasteiger partial charge in [0, 0.05) is 35.1 Å². The summed E-state index contributed by atoms with van der Waals surface area (Å²) in [6.07, 6.45) is 0.702. The fourth-order valence-corrected chi connectivity index (χ4v) is 4.68. The zero-order chi connectivity index (χ0) is 28.1. The SMILES string of the molecule is CC(=O)N(CCCN(C)C)c1ccc(N=C(c2cccc(CC(=O)O)c2)c2c(O)[nH]c3cc(Cl)ccc23)cc1. The lowest BCUT2D eigenvalue weighted by molar-refractivity contribution is -0.136. The number of anilines is 1. The lowest BCUT2D eigenvalue weighted by Crippen LogP contribution is -2.31. The molecule has 202 valence electrons. The van der Waals surface area contributed by atoms with Gasteiger partial charge in [-0.25, -0.2) is 4.99 Å². The van der Waals surface area contributed by atoms with Gasteiger partial charge >= 0.3 is 5.97 Å². The Hall–Kier alpha value is -4.14. The molecule has 1 heterocycles. The molecule has 39 heavy (non-hydrogen) atoms. The van der Waals surface area contributed by atoms with Crippen molar-refractivity contribution in [1.29, 1.82) is 0 Å². The monoisotopic (exact) mass is 546 g/mol. The molecule has 0 aliphatic carbocycles. The Balaban J connectivity index is 1.78. The van der Waals surface area contributed by atoms with Crippen LogP contribution < -0.4 is 4.90 Å². The van der Waals surface area contributed by atoms with Gasteiger partial charge in [-0.2, -0.15) is 0 Å². The van der Waals surface area contributed by atoms with Crippen LogP contribution in [0.15, 0.2) is 71.7 Å². The number of benzene rings is 3. The predicted molar refractivity (Wildman–Crippen MR) is 156 cm³/mol. The number of carbonyl (C=O) groups is 2. The number of rotatable bonds is 10. The van der Waals surface area contributed by atoms with Crippen LogP contribution in [0.1, 0.15) is 30.0 Å². The Morgan fingerprint density at radius 1 is 1.00 bits per heavy atom. The van der Waals surface area contributed by atoms with Crippen LogP contribution in [-0.4, -0.2) is 64.9 Å². The molecule has 0 aliphatic heterocycles. The van der Waals surface area contributed by atoms with Gasteiger partial charge in [-0.1, -0.05) is 35.9 Å². The first-order chi connectivity index (χ1) is 18.6. The Morgan fingerprint density at radius 2 is 1.74 bits per heavy atom. The van der Waals surface area contributed by atoms with Crippen LogP contribution in [0.3, 0.4) is 0 Å². The summed E-state index contributed by atoms with van der Waals surface area (Å²) in [6, 6.07) is 19.7. The predicted octanol–water partition coefficient (Wildman–Crippen LogP) is 5.63. The van der Waals surface area contributed by atoms with Gasteiger partial charge in [0.2, 0.25) is 5.91 Å². The van der Waals surface area contributed by atoms with Crippen LogP contribution in [0, 0.1) is 0 Å². The molecule has 1 amide bonds. The molecule has 0 radical (unpaired) electrons. The van der Waals surface area contributed by atoms with Crippen LogP contribution in [0.2, 0.25) is 5.02 Å². The number of aromatic amines is 1. The third-order valence-corrected chi connectivity index (χ3v) is 6.54. The van der Waals surface area contributed by atoms with Crippen molar-refractivity contribution in [2.75, 3.05) is 32.1 Å². The zero-order valence-electron chi connectivity index (χ0n) is 22.1. The van der Waals surface area contributed by atoms with Gasteiger partial charge in [0.15, 0.2) is 5.88 Å². The van der Waals surface area contributed by atoms with Crippen molar-refractivity contribution in [2.45, 2.75) is 19.8 Å². The van der Waals surface area contributed by atoms with Crippen molar-refractivity contribution in [3.8, 4) is 5.88 Å². The third kappa shape index (κ3) is 6.85. The topological polar surface area (TPSA) is 109 Å². The third-order valence-electron chi connectivity index (χ3n) is 6.30. The minimum absolute atomic E-state index is 0.0386. The normalized spacial score (nSPS) is 11.8. The summed E-state index contributed by atoms with van der Waals surface area (Å²) in [5.74, 6) is -1.05. The number of hydrogen-bond acceptors (Lipinski definition) is 5. The number of carboxylic acids is 1. The molecule has 4 aromatic rings. The van der Waals surface area contributed by atoms with Crippen LogP contribution in [0.5, 0.6) is 5.88 Å². The molecule has 1 aromatic heterocycles. The molecule has 8 nitrogen and oxygen atoms in total. The molecule has 3 N–H and O–H groups in total. The van der Waals surface area contributed by atoms with E-state index in [0.717, 1.165) is 24.0 Å². The minimum Gasteiger partial charge on any atom is -0.494 e. The molecule has 0 fully saturated rings. The van der Waals surface area contributed by atoms with Crippen molar-refractivity contribution in [1.82, 2.24) is 9.88 Å². The van der Waals surface area contributed by atoms with E-state index in [-0.39, 0.29) is 18.2 Å². The second-order valence-corrected chi connectivity index (χ2v) is 10.1. The summed E-state index contributed by atoms with van der Waals surface area (Å²) >= 11 is 6.17. The van der Waals surface area contributed by atoms with Crippen LogP contribution in [0.25, 0.3) is 10.9 Å². The number of H-pyrrole nitrogens is 1. The van der Waals surface area contributed by atoms with E-state index in [2.05, 4.69) is 9.88 Å². The first kappa shape index (κ1) is 27.9. The summed E-state index contributed by atoms with van der Waals surface area (Å²) in [7, 11) is 4.00. The standard InChI is InChI=1S/C30H31ClN4O4/c1-19(36)35(15-5-14-34(2)3)24-11-9-23(10-12-24)32-29(21-7-4-6-20(16-21)17-27(37)38)28-25-13-8-22(31)18-26(25)33-30(28)39/h4,6-13,16,18,33,39H,5,14-15,17H2,1-3H3,(H,37,38). The van der Waals surface area contributed by atoms with Gasteiger partial charge in [-0.15, -0.1) is 0 Å². The fourth-order valence-electron chi connectivity index (χ4n) is 4.51. The molecule has 0 spiro atoms. The van der Waals surface area contributed by atoms with E-state index in [1.807, 2.05) is 44.4 Å². The van der Waals surface area contributed by atoms with Crippen LogP contribution in [-0.2, 0) is 16.0 Å². The van der Waals surface area contributed by atoms with E-state index in [1.165, 1.54) is 0 Å². The summed E-state index contributed by atoms with van der Waals surface area (Å²) in [5.41, 5.74) is 4.24. The van der Waals surface area contributed by atoms with Crippen molar-refractivity contribution in [3.63, 3.8) is 0 Å². The van der Waals surface area contributed by atoms with Crippen molar-refractivity contribution in [3.05, 3.63) is 88.4 Å². The maximum Gasteiger partial charge on any atom is 0.307 e. The quantitative estimate of drug-likeness (QED) is 0.223. The molecule has 0 atom stereocenters. The lowest BCUT2D eigenvalue weighted by atomic mass is 9.98. The van der Waals surface area contributed by atoms with Gasteiger partial charge < -0.3 is 25.0 Å². The second-order valence-electron chi connectivity index (χ2n) is 9.61. The van der Waals surface area contributed by atoms with Gasteiger partial charge in [-0.3, -0.25) is 9.59 Å². The number of aliphatic imine (C=N–C) groups is 1. The molecule has 4 rings (SSSR count). The number of aromatic hydroxyl groups is 1. The van der Waals surface area contributed by atoms with Crippen molar-refractivity contribution < 1.29 is 19.8 Å². The molecule has 0 unspecified atom stereocenters. The lowest BCUT2D eigenvalue weighted by Gasteiger charge is -2.22. The molecule has 0 saturated heterocycles. The summed E-state index contributed by atoms with van der Waals surface area (Å²) in [4.78, 5) is 35.4. The zero-order valence-corrected chi connectivity index (χ0v) is 22.9. The van der Waals surface area contributed by atoms with E-state index in [0.29, 0.717) is 45.2 Å². The molecule has 9 heteroatoms. The Kier molecular flexibility index (Phi) is 8.69. The molecule has 0 saturated carbocycles. The first-order valence-corrected chi connectivity index (χ1v) is 12.9. The summed E-state index contributed by atoms with van der Waals surface area (Å²) in [6.45, 7) is 3.02. The number of amides is 1. The van der Waals surface area contributed by atoms with Gasteiger partial charge in [0.05, 0.1) is 28.9 Å². The number of hydrogen-bond donors (Lipinski definition) is 3. The number of carbonyl (C=O) groups excluding carboxylic acids is 1. The summed E-state index contributed by atoms with van der Waals surface area (Å²) in [5, 5.41) is 21.5. The highest BCUT2D eigenvalue weighted by atomic mass is 35.5. The number of halogens is 1. The largest absolute Gasteiger partial charge is 0.494 e. The van der Waals surface area contributed by atoms with Crippen molar-refractivity contribution >= 4 is 51.5 Å². The van der Waals surface area contributed by atoms with E-state index in [4.69, 9.17) is 16.6 Å². The highest BCUT2D eigenvalue weighted by Crippen LogP contribution is 2.33. The molecule has 3 aromatic carbocycles. The van der Waals surface area contributed by atoms with Gasteiger partial charge in [-0.05, 0) is 75.1 Å². The Bertz CT molecular complexity index is 1530. The van der Waals surface area contributed by atoms with E-state index >= 15 is 0 Å². The number of aromatic nitrogens is 1. The average Bonchev–Trinajstić information content (AvgIpc) is 3.19. The smallest absolute Gasteiger partial charge is 0.307 e. The second kappa shape index (κ2) is 12.1. The molecule has 0 aliphatic rings. The van der Waals surface area contributed by atoms with Crippen molar-refractivity contribution in [2.24, 2.45) is 4.99 Å². The van der Waals surface area contributed by atoms with E-state index in [9.17, 15) is 19.8 Å². The number of carboxylic acid groups (broad SMARTS) is 1. The van der Waals surface area contributed by atoms with E-state index < -0.39 is 5.97 Å². The van der Waals surface area contributed by atoms with Crippen LogP contribution in [0.4, 0.5) is 11.4 Å². The first-order valence-electron chi connectivity index (χ1n) is 12.6. The highest BCUT2D eigenvalue weighted by molar-refractivity contribution is 6.31. The average molecular weight is 547 g/mol. The molecule has 0 bridgehead atoms. The maximum atomic E-state index is 12.3. The molecular weight excluding hydrogens is 516 g/mol. The number of fused-ring (bicyclic) bond motifs is 1. The molecular formula is C30H31ClN4O4. The number of nitrogens with zero attached hydrogens (tertiary/aromatic N) is 3. The van der Waals surface area contributed by atoms with Gasteiger partial charge in [0.1, 0.15) is 0 Å². The minimum atomic E-state index is -0.939. The summed E-state index contributed by atoms with van der Waals surface area (Å²) < 4.78 is 0. The maximum absolute atomic E-state index is 12.3.